The predicted octanol–water partition coefficient (Wildman–Crippen LogP) is 1.87. The summed E-state index contributed by atoms with van der Waals surface area (Å²) in [7, 11) is 0. The number of aromatic nitrogens is 2. The van der Waals surface area contributed by atoms with Gasteiger partial charge in [-0.05, 0) is 12.5 Å². The van der Waals surface area contributed by atoms with Gasteiger partial charge in [-0.1, -0.05) is 0 Å². The molecule has 1 aliphatic heterocycles. The lowest BCUT2D eigenvalue weighted by atomic mass is 10.2. The van der Waals surface area contributed by atoms with Crippen LogP contribution in [0.2, 0.25) is 0 Å². The van der Waals surface area contributed by atoms with Gasteiger partial charge < -0.3 is 4.74 Å². The Hall–Kier alpha value is -1.94. The van der Waals surface area contributed by atoms with Crippen LogP contribution in [0.25, 0.3) is 10.2 Å². The summed E-state index contributed by atoms with van der Waals surface area (Å²) in [5, 5.41) is 0.121. The zero-order valence-corrected chi connectivity index (χ0v) is 13.4. The predicted molar refractivity (Wildman–Crippen MR) is 81.0 cm³/mol. The van der Waals surface area contributed by atoms with E-state index in [9.17, 15) is 27.6 Å². The van der Waals surface area contributed by atoms with E-state index in [1.807, 2.05) is 0 Å². The average Bonchev–Trinajstić information content (AvgIpc) is 2.77. The van der Waals surface area contributed by atoms with Gasteiger partial charge in [-0.25, -0.2) is 4.79 Å². The highest BCUT2D eigenvalue weighted by molar-refractivity contribution is 7.20. The fourth-order valence-electron chi connectivity index (χ4n) is 2.62. The lowest BCUT2D eigenvalue weighted by molar-refractivity contribution is -0.136. The third-order valence-corrected chi connectivity index (χ3v) is 5.23. The van der Waals surface area contributed by atoms with Gasteiger partial charge in [-0.2, -0.15) is 13.2 Å². The Morgan fingerprint density at radius 1 is 1.33 bits per heavy atom. The van der Waals surface area contributed by atoms with Crippen LogP contribution in [-0.4, -0.2) is 34.8 Å². The maximum Gasteiger partial charge on any atom is 0.390 e. The number of hydrogen-bond donors (Lipinski definition) is 0. The second-order valence-corrected chi connectivity index (χ2v) is 6.59. The normalized spacial score (nSPS) is 15.7. The Labute approximate surface area is 137 Å². The number of carbonyl (C=O) groups excluding carboxylic acids is 1. The monoisotopic (exact) mass is 362 g/mol. The van der Waals surface area contributed by atoms with E-state index in [-0.39, 0.29) is 28.3 Å². The fraction of sp³-hybridized carbons (Fsp3) is 0.500. The maximum atomic E-state index is 12.6. The first-order valence-corrected chi connectivity index (χ1v) is 7.94. The number of hydrogen-bond acceptors (Lipinski definition) is 5. The quantitative estimate of drug-likeness (QED) is 0.779. The molecule has 1 fully saturated rings. The number of aryl methyl sites for hydroxylation is 2. The van der Waals surface area contributed by atoms with Crippen LogP contribution in [-0.2, 0) is 11.3 Å². The summed E-state index contributed by atoms with van der Waals surface area (Å²) in [4.78, 5) is 36.7. The molecule has 1 saturated heterocycles. The van der Waals surface area contributed by atoms with E-state index in [1.165, 1.54) is 0 Å². The molecule has 0 radical (unpaired) electrons. The topological polar surface area (TPSA) is 70.3 Å². The van der Waals surface area contributed by atoms with Gasteiger partial charge in [0.15, 0.2) is 6.29 Å². The van der Waals surface area contributed by atoms with Crippen molar-refractivity contribution in [2.45, 2.75) is 32.1 Å². The molecular formula is C14H13F3N2O4S. The number of ether oxygens (including phenoxy) is 1. The van der Waals surface area contributed by atoms with E-state index in [2.05, 4.69) is 0 Å². The largest absolute Gasteiger partial charge is 0.390 e. The lowest BCUT2D eigenvalue weighted by Crippen LogP contribution is -2.48. The molecule has 3 rings (SSSR count). The first-order chi connectivity index (χ1) is 11.2. The number of carbonyl (C=O) groups is 1. The van der Waals surface area contributed by atoms with E-state index < -0.39 is 36.4 Å². The van der Waals surface area contributed by atoms with Gasteiger partial charge in [-0.3, -0.25) is 18.7 Å². The lowest BCUT2D eigenvalue weighted by Gasteiger charge is -2.28. The van der Waals surface area contributed by atoms with Crippen molar-refractivity contribution in [3.8, 4) is 0 Å². The second kappa shape index (κ2) is 5.85. The highest BCUT2D eigenvalue weighted by atomic mass is 32.1. The van der Waals surface area contributed by atoms with Crippen molar-refractivity contribution in [1.29, 1.82) is 0 Å². The summed E-state index contributed by atoms with van der Waals surface area (Å²) in [5.74, 6) is 0. The molecule has 0 saturated carbocycles. The molecule has 0 amide bonds. The summed E-state index contributed by atoms with van der Waals surface area (Å²) in [5.41, 5.74) is -1.01. The van der Waals surface area contributed by atoms with Crippen molar-refractivity contribution < 1.29 is 22.7 Å². The summed E-state index contributed by atoms with van der Waals surface area (Å²) in [6, 6.07) is -0.495. The molecule has 1 aliphatic rings. The van der Waals surface area contributed by atoms with Crippen molar-refractivity contribution in [3.05, 3.63) is 31.3 Å². The molecule has 0 aromatic carbocycles. The SMILES string of the molecule is Cc1c(C=O)sc2c1c(=O)n(C1COC1)c(=O)n2CCC(F)(F)F. The molecule has 10 heteroatoms. The van der Waals surface area contributed by atoms with Gasteiger partial charge in [0.25, 0.3) is 5.56 Å². The molecule has 0 spiro atoms. The van der Waals surface area contributed by atoms with Gasteiger partial charge in [0.05, 0.1) is 35.9 Å². The average molecular weight is 362 g/mol. The van der Waals surface area contributed by atoms with Gasteiger partial charge >= 0.3 is 11.9 Å². The molecular weight excluding hydrogens is 349 g/mol. The minimum atomic E-state index is -4.44. The molecule has 2 aromatic rings. The number of nitrogens with zero attached hydrogens (tertiary/aromatic N) is 2. The van der Waals surface area contributed by atoms with E-state index in [0.717, 1.165) is 20.5 Å². The molecule has 0 N–H and O–H groups in total. The number of rotatable bonds is 4. The van der Waals surface area contributed by atoms with Crippen molar-refractivity contribution in [2.24, 2.45) is 0 Å². The summed E-state index contributed by atoms with van der Waals surface area (Å²) in [6.07, 6.45) is -5.10. The first kappa shape index (κ1) is 16.9. The van der Waals surface area contributed by atoms with Gasteiger partial charge in [0.1, 0.15) is 4.83 Å². The Balaban J connectivity index is 2.29. The van der Waals surface area contributed by atoms with E-state index in [0.29, 0.717) is 11.8 Å². The third kappa shape index (κ3) is 2.69. The molecule has 0 aliphatic carbocycles. The van der Waals surface area contributed by atoms with E-state index >= 15 is 0 Å². The number of aldehydes is 1. The summed E-state index contributed by atoms with van der Waals surface area (Å²) >= 11 is 0.858. The third-order valence-electron chi connectivity index (χ3n) is 3.99. The Morgan fingerprint density at radius 2 is 2.00 bits per heavy atom. The summed E-state index contributed by atoms with van der Waals surface area (Å²) < 4.78 is 44.6. The van der Waals surface area contributed by atoms with E-state index in [4.69, 9.17) is 4.74 Å². The number of fused-ring (bicyclic) bond motifs is 1. The van der Waals surface area contributed by atoms with Crippen LogP contribution in [0.5, 0.6) is 0 Å². The maximum absolute atomic E-state index is 12.6. The zero-order valence-electron chi connectivity index (χ0n) is 12.6. The molecule has 24 heavy (non-hydrogen) atoms. The molecule has 3 heterocycles. The summed E-state index contributed by atoms with van der Waals surface area (Å²) in [6.45, 7) is 1.25. The smallest absolute Gasteiger partial charge is 0.377 e. The van der Waals surface area contributed by atoms with Gasteiger partial charge in [-0.15, -0.1) is 11.3 Å². The fourth-order valence-corrected chi connectivity index (χ4v) is 3.76. The van der Waals surface area contributed by atoms with Crippen LogP contribution >= 0.6 is 11.3 Å². The second-order valence-electron chi connectivity index (χ2n) is 5.56. The van der Waals surface area contributed by atoms with Gasteiger partial charge in [0, 0.05) is 6.54 Å². The number of halogens is 3. The van der Waals surface area contributed by atoms with Crippen LogP contribution in [0, 0.1) is 6.92 Å². The Bertz CT molecular complexity index is 921. The Kier molecular flexibility index (Phi) is 4.12. The van der Waals surface area contributed by atoms with Crippen LogP contribution < -0.4 is 11.2 Å². The molecule has 0 unspecified atom stereocenters. The zero-order chi connectivity index (χ0) is 17.6. The molecule has 2 aromatic heterocycles. The van der Waals surface area contributed by atoms with Crippen molar-refractivity contribution in [1.82, 2.24) is 9.13 Å². The van der Waals surface area contributed by atoms with Crippen molar-refractivity contribution in [2.75, 3.05) is 13.2 Å². The standard InChI is InChI=1S/C14H13F3N2O4S/c1-7-9(4-20)24-12-10(7)11(21)19(8-5-23-6-8)13(22)18(12)3-2-14(15,16)17/h4,8H,2-3,5-6H2,1H3. The molecule has 0 bridgehead atoms. The number of alkyl halides is 3. The Morgan fingerprint density at radius 3 is 2.50 bits per heavy atom. The van der Waals surface area contributed by atoms with Gasteiger partial charge in [0.2, 0.25) is 0 Å². The van der Waals surface area contributed by atoms with Crippen LogP contribution in [0.1, 0.15) is 27.7 Å². The van der Waals surface area contributed by atoms with Crippen LogP contribution in [0.4, 0.5) is 13.2 Å². The van der Waals surface area contributed by atoms with Crippen LogP contribution in [0.15, 0.2) is 9.59 Å². The highest BCUT2D eigenvalue weighted by Crippen LogP contribution is 2.28. The minimum Gasteiger partial charge on any atom is -0.377 e. The van der Waals surface area contributed by atoms with Crippen molar-refractivity contribution >= 4 is 27.8 Å². The van der Waals surface area contributed by atoms with Crippen LogP contribution in [0.3, 0.4) is 0 Å². The molecule has 0 atom stereocenters. The van der Waals surface area contributed by atoms with E-state index in [1.54, 1.807) is 6.92 Å². The molecule has 6 nitrogen and oxygen atoms in total. The minimum absolute atomic E-state index is 0.102. The first-order valence-electron chi connectivity index (χ1n) is 7.12. The number of thiophene rings is 1. The highest BCUT2D eigenvalue weighted by Gasteiger charge is 2.31. The molecule has 130 valence electrons. The van der Waals surface area contributed by atoms with Crippen molar-refractivity contribution in [3.63, 3.8) is 0 Å².